The lowest BCUT2D eigenvalue weighted by Crippen LogP contribution is -2.69. The largest absolute Gasteiger partial charge is 0.496 e. The van der Waals surface area contributed by atoms with Gasteiger partial charge in [0.25, 0.3) is 0 Å². The van der Waals surface area contributed by atoms with E-state index < -0.39 is 43.9 Å². The monoisotopic (exact) mass is 850 g/mol. The molecule has 6 aliphatic rings. The normalized spacial score (nSPS) is 31.1. The van der Waals surface area contributed by atoms with Gasteiger partial charge in [0.05, 0.1) is 47.4 Å². The third kappa shape index (κ3) is 8.09. The molecule has 1 spiro atoms. The van der Waals surface area contributed by atoms with Crippen molar-refractivity contribution in [2.45, 2.75) is 147 Å². The second kappa shape index (κ2) is 16.9. The van der Waals surface area contributed by atoms with Crippen LogP contribution < -0.4 is 18.9 Å². The van der Waals surface area contributed by atoms with Crippen molar-refractivity contribution < 1.29 is 57.3 Å². The quantitative estimate of drug-likeness (QED) is 0.118. The number of carbonyl (C=O) groups excluding carboxylic acids is 2. The first-order chi connectivity index (χ1) is 28.4. The summed E-state index contributed by atoms with van der Waals surface area (Å²) in [7, 11) is 3.84. The highest BCUT2D eigenvalue weighted by molar-refractivity contribution is 6.72. The van der Waals surface area contributed by atoms with Crippen LogP contribution in [-0.2, 0) is 46.4 Å². The Morgan fingerprint density at radius 2 is 1.57 bits per heavy atom. The van der Waals surface area contributed by atoms with E-state index in [0.717, 1.165) is 59.3 Å². The summed E-state index contributed by atoms with van der Waals surface area (Å²) in [4.78, 5) is 50.7. The molecule has 0 amide bonds. The van der Waals surface area contributed by atoms with Gasteiger partial charge in [-0.15, -0.1) is 0 Å². The summed E-state index contributed by atoms with van der Waals surface area (Å²) < 4.78 is 42.2. The molecule has 2 bridgehead atoms. The standard InChI is InChI=1S/C47H66O12Si/c1-27-12-16-36-28(2)44(56-39-26-46(5)21-20-35(27)47(36,39)59-58-46)57-41(49)19-18-40(48)55-31-14-15-32-34(24-38(52-7)43(54-9)42(32)53-8)33(23-31)29-13-17-37(51-6)30(22-29)25-45(3,4)60(10,11)50/h13,17,22-24,27-28,31,35-36,39,44,50H,12,14-16,18-21,25-26H2,1-11H3/t27-,28-,31?,35+,36+,39-,44+,46-,47-/m1/s1. The third-order valence-corrected chi connectivity index (χ3v) is 18.3. The lowest BCUT2D eigenvalue weighted by atomic mass is 9.56. The lowest BCUT2D eigenvalue weighted by Gasteiger charge is -2.60. The number of hydrogen-bond donors (Lipinski definition) is 1. The summed E-state index contributed by atoms with van der Waals surface area (Å²) in [6.45, 7) is 14.5. The van der Waals surface area contributed by atoms with Crippen LogP contribution >= 0.6 is 0 Å². The Morgan fingerprint density at radius 1 is 0.867 bits per heavy atom. The Morgan fingerprint density at radius 3 is 2.23 bits per heavy atom. The summed E-state index contributed by atoms with van der Waals surface area (Å²) in [6.07, 6.45) is 6.27. The summed E-state index contributed by atoms with van der Waals surface area (Å²) in [5.74, 6) is 2.06. The molecule has 3 heterocycles. The van der Waals surface area contributed by atoms with Gasteiger partial charge in [0.2, 0.25) is 12.0 Å². The molecule has 330 valence electrons. The van der Waals surface area contributed by atoms with Crippen molar-refractivity contribution in [3.8, 4) is 23.0 Å². The van der Waals surface area contributed by atoms with Crippen molar-refractivity contribution in [1.82, 2.24) is 0 Å². The van der Waals surface area contributed by atoms with E-state index in [4.69, 9.17) is 42.9 Å². The van der Waals surface area contributed by atoms with Gasteiger partial charge in [0.15, 0.2) is 19.8 Å². The molecule has 2 aromatic carbocycles. The van der Waals surface area contributed by atoms with Crippen molar-refractivity contribution in [3.05, 3.63) is 52.6 Å². The van der Waals surface area contributed by atoms with E-state index >= 15 is 0 Å². The maximum atomic E-state index is 13.6. The smallest absolute Gasteiger partial charge is 0.308 e. The number of ether oxygens (including phenoxy) is 7. The first kappa shape index (κ1) is 44.4. The molecule has 0 radical (unpaired) electrons. The van der Waals surface area contributed by atoms with Crippen LogP contribution in [0.2, 0.25) is 18.1 Å². The van der Waals surface area contributed by atoms with Gasteiger partial charge in [0.1, 0.15) is 23.1 Å². The minimum Gasteiger partial charge on any atom is -0.496 e. The first-order valence-corrected chi connectivity index (χ1v) is 24.7. The van der Waals surface area contributed by atoms with Gasteiger partial charge in [-0.1, -0.05) is 33.8 Å². The topological polar surface area (TPSA) is 137 Å². The fourth-order valence-electron chi connectivity index (χ4n) is 10.6. The fraction of sp³-hybridized carbons (Fsp3) is 0.660. The van der Waals surface area contributed by atoms with Crippen LogP contribution in [0.5, 0.6) is 23.0 Å². The van der Waals surface area contributed by atoms with Gasteiger partial charge in [-0.3, -0.25) is 9.59 Å². The molecule has 1 N–H and O–H groups in total. The average Bonchev–Trinajstić information content (AvgIpc) is 3.54. The van der Waals surface area contributed by atoms with Crippen molar-refractivity contribution in [2.75, 3.05) is 28.4 Å². The molecule has 13 heteroatoms. The Bertz CT molecular complexity index is 1970. The van der Waals surface area contributed by atoms with Crippen molar-refractivity contribution in [1.29, 1.82) is 0 Å². The SMILES string of the molecule is COc1ccc(C2=CC(OC(=O)CCC(=O)O[C@@H]3O[C@@H]4C[C@@]5(C)CC[C@H]6[C@H](C)CC[C@@H]([C@H]3C)[C@@]46OO5)CCc3c2cc(OC)c(OC)c3OC)cc1CC(C)(C)[Si](C)(C)O. The van der Waals surface area contributed by atoms with Crippen LogP contribution in [0, 0.1) is 23.7 Å². The zero-order chi connectivity index (χ0) is 43.4. The molecule has 3 aliphatic carbocycles. The highest BCUT2D eigenvalue weighted by atomic mass is 28.4. The van der Waals surface area contributed by atoms with E-state index in [9.17, 15) is 14.4 Å². The molecule has 9 atom stereocenters. The number of fused-ring (bicyclic) bond motifs is 3. The Balaban J connectivity index is 1.10. The Hall–Kier alpha value is -3.62. The third-order valence-electron chi connectivity index (χ3n) is 14.8. The fourth-order valence-corrected chi connectivity index (χ4v) is 11.3. The van der Waals surface area contributed by atoms with E-state index in [1.165, 1.54) is 0 Å². The number of hydrogen-bond acceptors (Lipinski definition) is 12. The van der Waals surface area contributed by atoms with Crippen LogP contribution in [0.25, 0.3) is 5.57 Å². The molecule has 5 fully saturated rings. The van der Waals surface area contributed by atoms with E-state index in [1.807, 2.05) is 37.4 Å². The number of rotatable bonds is 13. The number of methoxy groups -OCH3 is 4. The van der Waals surface area contributed by atoms with Gasteiger partial charge < -0.3 is 38.0 Å². The van der Waals surface area contributed by atoms with Crippen LogP contribution in [0.4, 0.5) is 0 Å². The van der Waals surface area contributed by atoms with E-state index in [-0.39, 0.29) is 35.8 Å². The zero-order valence-corrected chi connectivity index (χ0v) is 38.4. The Labute approximate surface area is 356 Å². The molecule has 2 saturated carbocycles. The molecule has 0 aromatic heterocycles. The first-order valence-electron chi connectivity index (χ1n) is 21.7. The molecule has 1 unspecified atom stereocenters. The number of benzene rings is 2. The van der Waals surface area contributed by atoms with E-state index in [1.54, 1.807) is 28.4 Å². The van der Waals surface area contributed by atoms with Crippen LogP contribution in [0.15, 0.2) is 30.3 Å². The van der Waals surface area contributed by atoms with Crippen LogP contribution in [0.3, 0.4) is 0 Å². The van der Waals surface area contributed by atoms with E-state index in [0.29, 0.717) is 54.8 Å². The van der Waals surface area contributed by atoms with Crippen LogP contribution in [0.1, 0.15) is 108 Å². The second-order valence-electron chi connectivity index (χ2n) is 19.3. The summed E-state index contributed by atoms with van der Waals surface area (Å²) >= 11 is 0. The highest BCUT2D eigenvalue weighted by Crippen LogP contribution is 2.61. The molecule has 8 rings (SSSR count). The molecular weight excluding hydrogens is 785 g/mol. The minimum atomic E-state index is -2.57. The predicted octanol–water partition coefficient (Wildman–Crippen LogP) is 8.52. The molecule has 2 aromatic rings. The van der Waals surface area contributed by atoms with Gasteiger partial charge >= 0.3 is 11.9 Å². The van der Waals surface area contributed by atoms with Gasteiger partial charge in [-0.2, -0.15) is 0 Å². The molecule has 60 heavy (non-hydrogen) atoms. The summed E-state index contributed by atoms with van der Waals surface area (Å²) in [5, 5.41) is -0.356. The number of carbonyl (C=O) groups is 2. The molecule has 3 saturated heterocycles. The minimum absolute atomic E-state index is 0.106. The average molecular weight is 851 g/mol. The Kier molecular flexibility index (Phi) is 12.5. The van der Waals surface area contributed by atoms with Gasteiger partial charge in [-0.25, -0.2) is 9.78 Å². The molecular formula is C47H66O12Si. The maximum Gasteiger partial charge on any atom is 0.308 e. The predicted molar refractivity (Wildman–Crippen MR) is 228 cm³/mol. The molecule has 3 aliphatic heterocycles. The van der Waals surface area contributed by atoms with E-state index in [2.05, 4.69) is 40.7 Å². The second-order valence-corrected chi connectivity index (χ2v) is 23.8. The van der Waals surface area contributed by atoms with Gasteiger partial charge in [-0.05, 0) is 128 Å². The van der Waals surface area contributed by atoms with Crippen molar-refractivity contribution in [2.24, 2.45) is 23.7 Å². The van der Waals surface area contributed by atoms with Crippen molar-refractivity contribution in [3.63, 3.8) is 0 Å². The molecule has 12 nitrogen and oxygen atoms in total. The van der Waals surface area contributed by atoms with Gasteiger partial charge in [0, 0.05) is 23.8 Å². The number of esters is 2. The summed E-state index contributed by atoms with van der Waals surface area (Å²) in [5.41, 5.74) is 3.39. The zero-order valence-electron chi connectivity index (χ0n) is 37.4. The maximum absolute atomic E-state index is 13.6. The van der Waals surface area contributed by atoms with Crippen molar-refractivity contribution >= 4 is 25.8 Å². The lowest BCUT2D eigenvalue weighted by molar-refractivity contribution is -0.494. The summed E-state index contributed by atoms with van der Waals surface area (Å²) in [6, 6.07) is 7.95. The highest BCUT2D eigenvalue weighted by Gasteiger charge is 2.68. The van der Waals surface area contributed by atoms with Crippen LogP contribution in [-0.4, -0.2) is 83.2 Å².